The summed E-state index contributed by atoms with van der Waals surface area (Å²) in [4.78, 5) is 23.1. The SMILES string of the molecule is CC(=O)Nc1cc(NCC(=O)Nc2cccc(Cl)c2C)ccc1F. The molecule has 0 saturated heterocycles. The number of rotatable bonds is 5. The van der Waals surface area contributed by atoms with Crippen LogP contribution in [0.2, 0.25) is 5.02 Å². The molecule has 2 amide bonds. The number of amides is 2. The Bertz CT molecular complexity index is 780. The van der Waals surface area contributed by atoms with Crippen molar-refractivity contribution in [1.29, 1.82) is 0 Å². The number of halogens is 2. The molecule has 0 atom stereocenters. The zero-order valence-corrected chi connectivity index (χ0v) is 14.0. The Hall–Kier alpha value is -2.60. The topological polar surface area (TPSA) is 70.2 Å². The normalized spacial score (nSPS) is 10.2. The lowest BCUT2D eigenvalue weighted by atomic mass is 10.2. The Balaban J connectivity index is 1.99. The van der Waals surface area contributed by atoms with Crippen LogP contribution in [0.5, 0.6) is 0 Å². The third kappa shape index (κ3) is 4.70. The molecule has 0 radical (unpaired) electrons. The highest BCUT2D eigenvalue weighted by molar-refractivity contribution is 6.31. The number of benzene rings is 2. The fourth-order valence-electron chi connectivity index (χ4n) is 2.04. The minimum Gasteiger partial charge on any atom is -0.376 e. The molecule has 3 N–H and O–H groups in total. The number of hydrogen-bond donors (Lipinski definition) is 3. The fraction of sp³-hybridized carbons (Fsp3) is 0.176. The maximum Gasteiger partial charge on any atom is 0.243 e. The zero-order valence-electron chi connectivity index (χ0n) is 13.2. The van der Waals surface area contributed by atoms with Crippen molar-refractivity contribution in [1.82, 2.24) is 0 Å². The first-order valence-corrected chi connectivity index (χ1v) is 7.60. The van der Waals surface area contributed by atoms with E-state index < -0.39 is 5.82 Å². The van der Waals surface area contributed by atoms with Crippen LogP contribution in [-0.4, -0.2) is 18.4 Å². The van der Waals surface area contributed by atoms with Crippen LogP contribution in [0, 0.1) is 12.7 Å². The molecule has 2 rings (SSSR count). The molecule has 0 spiro atoms. The second kappa shape index (κ2) is 7.79. The van der Waals surface area contributed by atoms with Crippen LogP contribution in [-0.2, 0) is 9.59 Å². The minimum atomic E-state index is -0.547. The van der Waals surface area contributed by atoms with Gasteiger partial charge in [-0.2, -0.15) is 0 Å². The summed E-state index contributed by atoms with van der Waals surface area (Å²) in [6.45, 7) is 3.09. The van der Waals surface area contributed by atoms with Crippen molar-refractivity contribution in [2.75, 3.05) is 22.5 Å². The van der Waals surface area contributed by atoms with Gasteiger partial charge in [-0.3, -0.25) is 9.59 Å². The number of anilines is 3. The predicted octanol–water partition coefficient (Wildman–Crippen LogP) is 3.80. The molecular weight excluding hydrogens is 333 g/mol. The van der Waals surface area contributed by atoms with Crippen LogP contribution in [0.4, 0.5) is 21.5 Å². The van der Waals surface area contributed by atoms with E-state index in [0.717, 1.165) is 5.56 Å². The number of nitrogens with one attached hydrogen (secondary N) is 3. The van der Waals surface area contributed by atoms with E-state index in [4.69, 9.17) is 11.6 Å². The first-order valence-electron chi connectivity index (χ1n) is 7.23. The fourth-order valence-corrected chi connectivity index (χ4v) is 2.21. The van der Waals surface area contributed by atoms with Crippen LogP contribution in [0.15, 0.2) is 36.4 Å². The van der Waals surface area contributed by atoms with Gasteiger partial charge < -0.3 is 16.0 Å². The van der Waals surface area contributed by atoms with E-state index in [1.54, 1.807) is 18.2 Å². The molecule has 0 saturated carbocycles. The van der Waals surface area contributed by atoms with Crippen LogP contribution in [0.3, 0.4) is 0 Å². The summed E-state index contributed by atoms with van der Waals surface area (Å²) in [5.41, 5.74) is 1.98. The van der Waals surface area contributed by atoms with Crippen LogP contribution in [0.1, 0.15) is 12.5 Å². The van der Waals surface area contributed by atoms with Gasteiger partial charge in [0.1, 0.15) is 5.82 Å². The van der Waals surface area contributed by atoms with Gasteiger partial charge in [0, 0.05) is 23.3 Å². The molecule has 0 aliphatic rings. The Morgan fingerprint density at radius 1 is 1.12 bits per heavy atom. The van der Waals surface area contributed by atoms with Crippen LogP contribution >= 0.6 is 11.6 Å². The van der Waals surface area contributed by atoms with Gasteiger partial charge in [-0.05, 0) is 42.8 Å². The lowest BCUT2D eigenvalue weighted by Crippen LogP contribution is -2.22. The van der Waals surface area contributed by atoms with Gasteiger partial charge in [0.15, 0.2) is 0 Å². The van der Waals surface area contributed by atoms with Gasteiger partial charge in [-0.15, -0.1) is 0 Å². The highest BCUT2D eigenvalue weighted by Crippen LogP contribution is 2.23. The van der Waals surface area contributed by atoms with Crippen molar-refractivity contribution in [2.24, 2.45) is 0 Å². The van der Waals surface area contributed by atoms with Crippen molar-refractivity contribution in [3.8, 4) is 0 Å². The smallest absolute Gasteiger partial charge is 0.243 e. The Labute approximate surface area is 144 Å². The van der Waals surface area contributed by atoms with Crippen LogP contribution < -0.4 is 16.0 Å². The van der Waals surface area contributed by atoms with Gasteiger partial charge in [0.05, 0.1) is 12.2 Å². The van der Waals surface area contributed by atoms with Crippen molar-refractivity contribution >= 4 is 40.5 Å². The molecule has 5 nitrogen and oxygen atoms in total. The van der Waals surface area contributed by atoms with E-state index in [1.165, 1.54) is 25.1 Å². The summed E-state index contributed by atoms with van der Waals surface area (Å²) < 4.78 is 13.6. The monoisotopic (exact) mass is 349 g/mol. The highest BCUT2D eigenvalue weighted by Gasteiger charge is 2.08. The quantitative estimate of drug-likeness (QED) is 0.769. The minimum absolute atomic E-state index is 0.0168. The van der Waals surface area contributed by atoms with Gasteiger partial charge in [0.25, 0.3) is 0 Å². The summed E-state index contributed by atoms with van der Waals surface area (Å²) in [6.07, 6.45) is 0. The summed E-state index contributed by atoms with van der Waals surface area (Å²) in [7, 11) is 0. The molecule has 0 aromatic heterocycles. The largest absolute Gasteiger partial charge is 0.376 e. The molecule has 0 unspecified atom stereocenters. The number of carbonyl (C=O) groups excluding carboxylic acids is 2. The average molecular weight is 350 g/mol. The molecule has 2 aromatic carbocycles. The van der Waals surface area contributed by atoms with Gasteiger partial charge in [-0.25, -0.2) is 4.39 Å². The third-order valence-electron chi connectivity index (χ3n) is 3.27. The summed E-state index contributed by atoms with van der Waals surface area (Å²) >= 11 is 6.01. The second-order valence-electron chi connectivity index (χ2n) is 5.19. The van der Waals surface area contributed by atoms with Crippen molar-refractivity contribution in [3.63, 3.8) is 0 Å². The van der Waals surface area contributed by atoms with Crippen molar-refractivity contribution in [3.05, 3.63) is 52.8 Å². The zero-order chi connectivity index (χ0) is 17.7. The lowest BCUT2D eigenvalue weighted by Gasteiger charge is -2.12. The highest BCUT2D eigenvalue weighted by atomic mass is 35.5. The maximum atomic E-state index is 13.6. The Morgan fingerprint density at radius 2 is 1.88 bits per heavy atom. The Kier molecular flexibility index (Phi) is 5.76. The third-order valence-corrected chi connectivity index (χ3v) is 3.68. The van der Waals surface area contributed by atoms with Crippen molar-refractivity contribution in [2.45, 2.75) is 13.8 Å². The molecule has 0 aliphatic carbocycles. The van der Waals surface area contributed by atoms with E-state index in [-0.39, 0.29) is 24.0 Å². The van der Waals surface area contributed by atoms with Crippen LogP contribution in [0.25, 0.3) is 0 Å². The average Bonchev–Trinajstić information content (AvgIpc) is 2.52. The molecule has 0 heterocycles. The molecule has 24 heavy (non-hydrogen) atoms. The molecule has 0 bridgehead atoms. The van der Waals surface area contributed by atoms with E-state index in [2.05, 4.69) is 16.0 Å². The molecule has 126 valence electrons. The number of carbonyl (C=O) groups is 2. The van der Waals surface area contributed by atoms with Gasteiger partial charge in [-0.1, -0.05) is 17.7 Å². The predicted molar refractivity (Wildman–Crippen MR) is 94.0 cm³/mol. The van der Waals surface area contributed by atoms with Gasteiger partial charge in [0.2, 0.25) is 11.8 Å². The standard InChI is InChI=1S/C17H17ClFN3O2/c1-10-13(18)4-3-5-15(10)22-17(24)9-20-12-6-7-14(19)16(8-12)21-11(2)23/h3-8,20H,9H2,1-2H3,(H,21,23)(H,22,24). The van der Waals surface area contributed by atoms with Gasteiger partial charge >= 0.3 is 0 Å². The molecule has 7 heteroatoms. The van der Waals surface area contributed by atoms with E-state index in [1.807, 2.05) is 6.92 Å². The van der Waals surface area contributed by atoms with E-state index in [9.17, 15) is 14.0 Å². The summed E-state index contributed by atoms with van der Waals surface area (Å²) in [5.74, 6) is -1.19. The second-order valence-corrected chi connectivity index (χ2v) is 5.60. The molecule has 0 fully saturated rings. The van der Waals surface area contributed by atoms with Crippen molar-refractivity contribution < 1.29 is 14.0 Å². The molecular formula is C17H17ClFN3O2. The van der Waals surface area contributed by atoms with E-state index in [0.29, 0.717) is 16.4 Å². The molecule has 2 aromatic rings. The lowest BCUT2D eigenvalue weighted by molar-refractivity contribution is -0.115. The number of hydrogen-bond acceptors (Lipinski definition) is 3. The first kappa shape index (κ1) is 17.7. The van der Waals surface area contributed by atoms with E-state index >= 15 is 0 Å². The summed E-state index contributed by atoms with van der Waals surface area (Å²) in [5, 5.41) is 8.58. The summed E-state index contributed by atoms with van der Waals surface area (Å²) in [6, 6.07) is 9.37. The maximum absolute atomic E-state index is 13.6. The Morgan fingerprint density at radius 3 is 2.58 bits per heavy atom. The first-order chi connectivity index (χ1) is 11.4. The molecule has 0 aliphatic heterocycles.